The molecule has 0 heterocycles. The zero-order valence-corrected chi connectivity index (χ0v) is 11.0. The quantitative estimate of drug-likeness (QED) is 0.589. The van der Waals surface area contributed by atoms with Crippen molar-refractivity contribution in [3.8, 4) is 12.1 Å². The summed E-state index contributed by atoms with van der Waals surface area (Å²) in [6, 6.07) is 7.47. The molecule has 0 aliphatic rings. The molecule has 0 aromatic heterocycles. The van der Waals surface area contributed by atoms with Crippen molar-refractivity contribution < 1.29 is 14.0 Å². The van der Waals surface area contributed by atoms with Crippen molar-refractivity contribution in [2.75, 3.05) is 0 Å². The van der Waals surface area contributed by atoms with Gasteiger partial charge in [0, 0.05) is 12.0 Å². The fourth-order valence-electron chi connectivity index (χ4n) is 1.73. The van der Waals surface area contributed by atoms with Crippen LogP contribution in [0, 0.1) is 22.7 Å². The Balaban J connectivity index is 3.08. The maximum absolute atomic E-state index is 13.9. The van der Waals surface area contributed by atoms with Gasteiger partial charge in [-0.2, -0.15) is 10.5 Å². The van der Waals surface area contributed by atoms with Crippen LogP contribution in [-0.4, -0.2) is 17.7 Å². The predicted octanol–water partition coefficient (Wildman–Crippen LogP) is 2.71. The van der Waals surface area contributed by atoms with Gasteiger partial charge in [0.05, 0.1) is 11.1 Å². The lowest BCUT2D eigenvalue weighted by atomic mass is 9.95. The van der Waals surface area contributed by atoms with Crippen LogP contribution in [0.1, 0.15) is 47.7 Å². The van der Waals surface area contributed by atoms with E-state index in [0.29, 0.717) is 6.42 Å². The van der Waals surface area contributed by atoms with E-state index >= 15 is 0 Å². The van der Waals surface area contributed by atoms with Crippen LogP contribution < -0.4 is 0 Å². The summed E-state index contributed by atoms with van der Waals surface area (Å²) in [4.78, 5) is 23.5. The second-order valence-electron chi connectivity index (χ2n) is 4.25. The van der Waals surface area contributed by atoms with Crippen LogP contribution in [0.25, 0.3) is 0 Å². The van der Waals surface area contributed by atoms with E-state index in [9.17, 15) is 14.0 Å². The number of nitrogens with zero attached hydrogens (tertiary/aromatic N) is 2. The molecular formula is C15H13FN2O2. The summed E-state index contributed by atoms with van der Waals surface area (Å²) >= 11 is 0. The first kappa shape index (κ1) is 15.5. The largest absolute Gasteiger partial charge is 0.296 e. The SMILES string of the molecule is CCCCC(=O)C(F)C(=O)c1cccc(C#N)c1C#N. The Labute approximate surface area is 116 Å². The van der Waals surface area contributed by atoms with Crippen LogP contribution >= 0.6 is 0 Å². The van der Waals surface area contributed by atoms with E-state index < -0.39 is 17.7 Å². The summed E-state index contributed by atoms with van der Waals surface area (Å²) in [7, 11) is 0. The molecule has 0 radical (unpaired) electrons. The van der Waals surface area contributed by atoms with E-state index in [4.69, 9.17) is 10.5 Å². The highest BCUT2D eigenvalue weighted by Gasteiger charge is 2.28. The highest BCUT2D eigenvalue weighted by Crippen LogP contribution is 2.17. The van der Waals surface area contributed by atoms with Crippen LogP contribution in [0.5, 0.6) is 0 Å². The molecule has 0 N–H and O–H groups in total. The Morgan fingerprint density at radius 2 is 2.00 bits per heavy atom. The lowest BCUT2D eigenvalue weighted by molar-refractivity contribution is -0.122. The Morgan fingerprint density at radius 3 is 2.55 bits per heavy atom. The van der Waals surface area contributed by atoms with Gasteiger partial charge in [-0.3, -0.25) is 9.59 Å². The first-order valence-corrected chi connectivity index (χ1v) is 6.21. The molecule has 0 bridgehead atoms. The molecule has 1 rings (SSSR count). The Hall–Kier alpha value is -2.53. The van der Waals surface area contributed by atoms with Gasteiger partial charge >= 0.3 is 0 Å². The van der Waals surface area contributed by atoms with E-state index in [1.165, 1.54) is 18.2 Å². The summed E-state index contributed by atoms with van der Waals surface area (Å²) in [6.45, 7) is 1.85. The number of hydrogen-bond acceptors (Lipinski definition) is 4. The van der Waals surface area contributed by atoms with Gasteiger partial charge in [-0.05, 0) is 18.6 Å². The van der Waals surface area contributed by atoms with Crippen molar-refractivity contribution in [1.29, 1.82) is 10.5 Å². The fourth-order valence-corrected chi connectivity index (χ4v) is 1.73. The van der Waals surface area contributed by atoms with Crippen molar-refractivity contribution in [2.45, 2.75) is 32.4 Å². The predicted molar refractivity (Wildman–Crippen MR) is 69.6 cm³/mol. The molecule has 20 heavy (non-hydrogen) atoms. The molecule has 0 fully saturated rings. The highest BCUT2D eigenvalue weighted by atomic mass is 19.1. The first-order valence-electron chi connectivity index (χ1n) is 6.21. The van der Waals surface area contributed by atoms with Gasteiger partial charge in [-0.25, -0.2) is 4.39 Å². The Kier molecular flexibility index (Phi) is 5.56. The number of alkyl halides is 1. The average molecular weight is 272 g/mol. The van der Waals surface area contributed by atoms with Crippen molar-refractivity contribution in [3.63, 3.8) is 0 Å². The van der Waals surface area contributed by atoms with Crippen LogP contribution in [0.2, 0.25) is 0 Å². The summed E-state index contributed by atoms with van der Waals surface area (Å²) < 4.78 is 13.9. The number of hydrogen-bond donors (Lipinski definition) is 0. The molecule has 0 spiro atoms. The molecule has 1 aromatic rings. The molecule has 1 unspecified atom stereocenters. The molecule has 5 heteroatoms. The topological polar surface area (TPSA) is 81.7 Å². The monoisotopic (exact) mass is 272 g/mol. The van der Waals surface area contributed by atoms with E-state index in [1.54, 1.807) is 12.1 Å². The molecular weight excluding hydrogens is 259 g/mol. The number of carbonyl (C=O) groups excluding carboxylic acids is 2. The van der Waals surface area contributed by atoms with Crippen LogP contribution in [0.4, 0.5) is 4.39 Å². The molecule has 1 atom stereocenters. The van der Waals surface area contributed by atoms with Crippen LogP contribution in [0.3, 0.4) is 0 Å². The number of halogens is 1. The number of Topliss-reactive ketones (excluding diaryl/α,β-unsaturated/α-hetero) is 2. The van der Waals surface area contributed by atoms with Crippen molar-refractivity contribution in [3.05, 3.63) is 34.9 Å². The van der Waals surface area contributed by atoms with Gasteiger partial charge in [0.1, 0.15) is 12.1 Å². The average Bonchev–Trinajstić information content (AvgIpc) is 2.49. The third-order valence-electron chi connectivity index (χ3n) is 2.85. The number of carbonyl (C=O) groups is 2. The third-order valence-corrected chi connectivity index (χ3v) is 2.85. The molecule has 0 saturated carbocycles. The molecule has 102 valence electrons. The molecule has 0 saturated heterocycles. The summed E-state index contributed by atoms with van der Waals surface area (Å²) in [5.74, 6) is -1.84. The molecule has 0 amide bonds. The second-order valence-corrected chi connectivity index (χ2v) is 4.25. The molecule has 4 nitrogen and oxygen atoms in total. The number of rotatable bonds is 6. The number of nitriles is 2. The van der Waals surface area contributed by atoms with Gasteiger partial charge < -0.3 is 0 Å². The van der Waals surface area contributed by atoms with Gasteiger partial charge in [0.2, 0.25) is 12.0 Å². The van der Waals surface area contributed by atoms with Crippen molar-refractivity contribution in [2.24, 2.45) is 0 Å². The van der Waals surface area contributed by atoms with Crippen molar-refractivity contribution in [1.82, 2.24) is 0 Å². The highest BCUT2D eigenvalue weighted by molar-refractivity contribution is 6.14. The minimum absolute atomic E-state index is 0.00782. The first-order chi connectivity index (χ1) is 9.56. The van der Waals surface area contributed by atoms with E-state index in [0.717, 1.165) is 6.42 Å². The molecule has 1 aromatic carbocycles. The van der Waals surface area contributed by atoms with E-state index in [-0.39, 0.29) is 23.1 Å². The smallest absolute Gasteiger partial charge is 0.220 e. The lowest BCUT2D eigenvalue weighted by Gasteiger charge is -2.08. The van der Waals surface area contributed by atoms with Gasteiger partial charge in [0.25, 0.3) is 0 Å². The van der Waals surface area contributed by atoms with Gasteiger partial charge in [0.15, 0.2) is 5.78 Å². The number of unbranched alkanes of at least 4 members (excludes halogenated alkanes) is 1. The summed E-state index contributed by atoms with van der Waals surface area (Å²) in [5.41, 5.74) is -0.415. The maximum atomic E-state index is 13.9. The zero-order valence-electron chi connectivity index (χ0n) is 11.0. The lowest BCUT2D eigenvalue weighted by Crippen LogP contribution is -2.26. The second kappa shape index (κ2) is 7.16. The van der Waals surface area contributed by atoms with Crippen LogP contribution in [-0.2, 0) is 4.79 Å². The van der Waals surface area contributed by atoms with Gasteiger partial charge in [-0.15, -0.1) is 0 Å². The Morgan fingerprint density at radius 1 is 1.30 bits per heavy atom. The molecule has 0 aliphatic carbocycles. The Bertz CT molecular complexity index is 611. The summed E-state index contributed by atoms with van der Waals surface area (Å²) in [5, 5.41) is 17.8. The summed E-state index contributed by atoms with van der Waals surface area (Å²) in [6.07, 6.45) is -1.05. The number of benzene rings is 1. The normalized spacial score (nSPS) is 11.2. The van der Waals surface area contributed by atoms with Crippen LogP contribution in [0.15, 0.2) is 18.2 Å². The zero-order chi connectivity index (χ0) is 15.1. The minimum atomic E-state index is -2.28. The van der Waals surface area contributed by atoms with E-state index in [2.05, 4.69) is 0 Å². The maximum Gasteiger partial charge on any atom is 0.220 e. The fraction of sp³-hybridized carbons (Fsp3) is 0.333. The van der Waals surface area contributed by atoms with Gasteiger partial charge in [-0.1, -0.05) is 19.4 Å². The number of ketones is 2. The van der Waals surface area contributed by atoms with Crippen molar-refractivity contribution >= 4 is 11.6 Å². The molecule has 0 aliphatic heterocycles. The van der Waals surface area contributed by atoms with E-state index in [1.807, 2.05) is 6.92 Å². The minimum Gasteiger partial charge on any atom is -0.296 e. The standard InChI is InChI=1S/C15H13FN2O2/c1-2-3-7-13(19)14(16)15(20)11-6-4-5-10(8-17)12(11)9-18/h4-6,14H,2-3,7H2,1H3. The third kappa shape index (κ3) is 3.27.